The number of benzene rings is 1. The maximum Gasteiger partial charge on any atom is 0.341 e. The Morgan fingerprint density at radius 3 is 2.49 bits per heavy atom. The van der Waals surface area contributed by atoms with Gasteiger partial charge in [-0.2, -0.15) is 0 Å². The molecule has 2 amide bonds. The summed E-state index contributed by atoms with van der Waals surface area (Å²) in [6, 6.07) is 7.51. The van der Waals surface area contributed by atoms with Gasteiger partial charge in [0.15, 0.2) is 17.1 Å². The van der Waals surface area contributed by atoms with Crippen molar-refractivity contribution in [1.82, 2.24) is 19.7 Å². The summed E-state index contributed by atoms with van der Waals surface area (Å²) < 4.78 is 13.7. The van der Waals surface area contributed by atoms with Crippen LogP contribution < -0.4 is 10.1 Å². The van der Waals surface area contributed by atoms with E-state index in [1.54, 1.807) is 21.0 Å². The average molecular weight is 611 g/mol. The van der Waals surface area contributed by atoms with E-state index in [0.29, 0.717) is 33.7 Å². The van der Waals surface area contributed by atoms with E-state index < -0.39 is 5.97 Å². The molecule has 0 fully saturated rings. The van der Waals surface area contributed by atoms with E-state index in [-0.39, 0.29) is 34.2 Å². The fraction of sp³-hybridized carbons (Fsp3) is 0.375. The molecule has 10 nitrogen and oxygen atoms in total. The molecule has 0 aliphatic rings. The number of nitrogens with one attached hydrogen (secondary N) is 1. The van der Waals surface area contributed by atoms with Gasteiger partial charge in [0, 0.05) is 25.1 Å². The zero-order valence-electron chi connectivity index (χ0n) is 21.3. The lowest BCUT2D eigenvalue weighted by Gasteiger charge is -2.15. The summed E-state index contributed by atoms with van der Waals surface area (Å²) in [6.07, 6.45) is -0.360. The Hall–Kier alpha value is -2.90. The van der Waals surface area contributed by atoms with Crippen LogP contribution in [0.15, 0.2) is 33.9 Å². The molecule has 0 radical (unpaired) electrons. The number of amides is 2. The number of hydrogen-bond donors (Lipinski definition) is 1. The summed E-state index contributed by atoms with van der Waals surface area (Å²) in [5.41, 5.74) is 0.641. The highest BCUT2D eigenvalue weighted by Gasteiger charge is 2.27. The van der Waals surface area contributed by atoms with E-state index in [4.69, 9.17) is 9.47 Å². The molecule has 1 atom stereocenters. The zero-order valence-corrected chi connectivity index (χ0v) is 24.5. The van der Waals surface area contributed by atoms with Crippen molar-refractivity contribution in [1.29, 1.82) is 0 Å². The average Bonchev–Trinajstić information content (AvgIpc) is 3.43. The second-order valence-electron chi connectivity index (χ2n) is 8.09. The largest absolute Gasteiger partial charge is 0.483 e. The topological polar surface area (TPSA) is 116 Å². The number of hydrogen-bond acceptors (Lipinski definition) is 9. The van der Waals surface area contributed by atoms with Crippen LogP contribution in [0.25, 0.3) is 0 Å². The minimum Gasteiger partial charge on any atom is -0.483 e. The zero-order chi connectivity index (χ0) is 27.3. The van der Waals surface area contributed by atoms with Crippen LogP contribution in [0.4, 0.5) is 5.00 Å². The standard InChI is InChI=1S/C24H28BrN5O5S2/c1-7-30-20(14(3)35-16-10-8-15(25)9-11-16)27-28-24(30)36-12-17(31)26-21-18(23(33)34-6)13(2)19(37-21)22(32)29(4)5/h8-11,14H,7,12H2,1-6H3,(H,26,31). The Morgan fingerprint density at radius 1 is 1.22 bits per heavy atom. The molecule has 2 heterocycles. The Balaban J connectivity index is 1.72. The highest BCUT2D eigenvalue weighted by Crippen LogP contribution is 2.34. The first-order chi connectivity index (χ1) is 17.6. The molecule has 37 heavy (non-hydrogen) atoms. The third-order valence-electron chi connectivity index (χ3n) is 5.27. The second-order valence-corrected chi connectivity index (χ2v) is 11.0. The highest BCUT2D eigenvalue weighted by molar-refractivity contribution is 9.10. The molecule has 0 spiro atoms. The number of anilines is 1. The van der Waals surface area contributed by atoms with Crippen molar-refractivity contribution < 1.29 is 23.9 Å². The van der Waals surface area contributed by atoms with Crippen molar-refractivity contribution in [3.05, 3.63) is 50.6 Å². The number of carbonyl (C=O) groups excluding carboxylic acids is 3. The molecule has 3 rings (SSSR count). The van der Waals surface area contributed by atoms with Crippen molar-refractivity contribution in [3.63, 3.8) is 0 Å². The molecule has 0 bridgehead atoms. The van der Waals surface area contributed by atoms with Gasteiger partial charge in [0.05, 0.1) is 23.3 Å². The molecule has 2 aromatic heterocycles. The molecular weight excluding hydrogens is 582 g/mol. The van der Waals surface area contributed by atoms with Crippen molar-refractivity contribution in [2.75, 3.05) is 32.3 Å². The van der Waals surface area contributed by atoms with Gasteiger partial charge in [-0.25, -0.2) is 4.79 Å². The van der Waals surface area contributed by atoms with E-state index in [1.165, 1.54) is 23.8 Å². The van der Waals surface area contributed by atoms with Crippen molar-refractivity contribution in [2.24, 2.45) is 0 Å². The van der Waals surface area contributed by atoms with Gasteiger partial charge in [-0.05, 0) is 50.6 Å². The lowest BCUT2D eigenvalue weighted by molar-refractivity contribution is -0.113. The molecule has 0 saturated carbocycles. The molecule has 198 valence electrons. The van der Waals surface area contributed by atoms with Crippen molar-refractivity contribution in [2.45, 2.75) is 38.6 Å². The summed E-state index contributed by atoms with van der Waals surface area (Å²) >= 11 is 5.67. The van der Waals surface area contributed by atoms with Crippen LogP contribution in [0.1, 0.15) is 51.4 Å². The van der Waals surface area contributed by atoms with Crippen LogP contribution in [0.2, 0.25) is 0 Å². The quantitative estimate of drug-likeness (QED) is 0.258. The Kier molecular flexibility index (Phi) is 9.74. The van der Waals surface area contributed by atoms with Gasteiger partial charge >= 0.3 is 5.97 Å². The van der Waals surface area contributed by atoms with Crippen LogP contribution >= 0.6 is 39.0 Å². The van der Waals surface area contributed by atoms with Gasteiger partial charge in [0.25, 0.3) is 5.91 Å². The molecule has 1 N–H and O–H groups in total. The molecule has 0 aliphatic carbocycles. The molecule has 3 aromatic rings. The van der Waals surface area contributed by atoms with Crippen molar-refractivity contribution >= 4 is 61.8 Å². The Bertz CT molecular complexity index is 1290. The Labute approximate surface area is 231 Å². The van der Waals surface area contributed by atoms with E-state index >= 15 is 0 Å². The number of aromatic nitrogens is 3. The lowest BCUT2D eigenvalue weighted by atomic mass is 10.1. The van der Waals surface area contributed by atoms with E-state index in [1.807, 2.05) is 42.7 Å². The maximum atomic E-state index is 12.8. The van der Waals surface area contributed by atoms with E-state index in [2.05, 4.69) is 31.4 Å². The number of thiophene rings is 1. The van der Waals surface area contributed by atoms with Crippen LogP contribution in [-0.4, -0.2) is 64.4 Å². The predicted octanol–water partition coefficient (Wildman–Crippen LogP) is 4.79. The number of rotatable bonds is 10. The number of esters is 1. The maximum absolute atomic E-state index is 12.8. The summed E-state index contributed by atoms with van der Waals surface area (Å²) in [7, 11) is 4.50. The van der Waals surface area contributed by atoms with Crippen LogP contribution in [0, 0.1) is 6.92 Å². The van der Waals surface area contributed by atoms with Crippen LogP contribution in [0.5, 0.6) is 5.75 Å². The third kappa shape index (κ3) is 6.70. The minimum absolute atomic E-state index is 0.0224. The lowest BCUT2D eigenvalue weighted by Crippen LogP contribution is -2.21. The summed E-state index contributed by atoms with van der Waals surface area (Å²) in [6.45, 7) is 6.10. The molecule has 1 unspecified atom stereocenters. The molecule has 0 saturated heterocycles. The summed E-state index contributed by atoms with van der Waals surface area (Å²) in [4.78, 5) is 39.5. The predicted molar refractivity (Wildman–Crippen MR) is 147 cm³/mol. The van der Waals surface area contributed by atoms with Gasteiger partial charge in [0.2, 0.25) is 5.91 Å². The minimum atomic E-state index is -0.621. The highest BCUT2D eigenvalue weighted by atomic mass is 79.9. The van der Waals surface area contributed by atoms with Gasteiger partial charge in [-0.1, -0.05) is 27.7 Å². The molecule has 1 aromatic carbocycles. The number of thioether (sulfide) groups is 1. The van der Waals surface area contributed by atoms with E-state index in [0.717, 1.165) is 15.8 Å². The van der Waals surface area contributed by atoms with Crippen LogP contribution in [0.3, 0.4) is 0 Å². The number of carbonyl (C=O) groups is 3. The first kappa shape index (κ1) is 28.7. The van der Waals surface area contributed by atoms with Crippen LogP contribution in [-0.2, 0) is 16.1 Å². The van der Waals surface area contributed by atoms with Gasteiger partial charge in [-0.15, -0.1) is 21.5 Å². The summed E-state index contributed by atoms with van der Waals surface area (Å²) in [5, 5.41) is 12.1. The Morgan fingerprint density at radius 2 is 1.89 bits per heavy atom. The smallest absolute Gasteiger partial charge is 0.341 e. The molecule has 0 aliphatic heterocycles. The van der Waals surface area contributed by atoms with Gasteiger partial charge in [0.1, 0.15) is 10.8 Å². The van der Waals surface area contributed by atoms with E-state index in [9.17, 15) is 14.4 Å². The fourth-order valence-corrected chi connectivity index (χ4v) is 5.73. The van der Waals surface area contributed by atoms with Gasteiger partial charge in [-0.3, -0.25) is 9.59 Å². The second kappa shape index (κ2) is 12.6. The number of halogens is 1. The monoisotopic (exact) mass is 609 g/mol. The number of ether oxygens (including phenoxy) is 2. The number of methoxy groups -OCH3 is 1. The number of nitrogens with zero attached hydrogens (tertiary/aromatic N) is 4. The third-order valence-corrected chi connectivity index (χ3v) is 7.96. The molecule has 13 heteroatoms. The summed E-state index contributed by atoms with van der Waals surface area (Å²) in [5.74, 6) is 0.132. The first-order valence-corrected chi connectivity index (χ1v) is 13.9. The molecular formula is C24H28BrN5O5S2. The van der Waals surface area contributed by atoms with Crippen molar-refractivity contribution in [3.8, 4) is 5.75 Å². The normalized spacial score (nSPS) is 11.6. The van der Waals surface area contributed by atoms with Gasteiger partial charge < -0.3 is 24.3 Å². The fourth-order valence-electron chi connectivity index (χ4n) is 3.42. The first-order valence-electron chi connectivity index (χ1n) is 11.3. The SMILES string of the molecule is CCn1c(SCC(=O)Nc2sc(C(=O)N(C)C)c(C)c2C(=O)OC)nnc1C(C)Oc1ccc(Br)cc1.